The van der Waals surface area contributed by atoms with Gasteiger partial charge in [0.25, 0.3) is 0 Å². The van der Waals surface area contributed by atoms with E-state index >= 15 is 0 Å². The van der Waals surface area contributed by atoms with Crippen LogP contribution in [0.15, 0.2) is 0 Å². The molecule has 0 unspecified atom stereocenters. The lowest BCUT2D eigenvalue weighted by Crippen LogP contribution is -2.58. The van der Waals surface area contributed by atoms with Crippen molar-refractivity contribution in [3.63, 3.8) is 0 Å². The van der Waals surface area contributed by atoms with Gasteiger partial charge in [-0.05, 0) is 36.5 Å². The van der Waals surface area contributed by atoms with Crippen LogP contribution < -0.4 is 11.5 Å². The largest absolute Gasteiger partial charge is 0.324 e. The Balaban J connectivity index is 2.23. The van der Waals surface area contributed by atoms with E-state index in [1.54, 1.807) is 0 Å². The van der Waals surface area contributed by atoms with Crippen molar-refractivity contribution >= 4 is 0 Å². The van der Waals surface area contributed by atoms with Gasteiger partial charge < -0.3 is 11.5 Å². The Bertz CT molecular complexity index is 205. The van der Waals surface area contributed by atoms with E-state index in [1.807, 2.05) is 0 Å². The Morgan fingerprint density at radius 1 is 0.750 bits per heavy atom. The number of hydrogen-bond donors (Lipinski definition) is 2. The van der Waals surface area contributed by atoms with Crippen LogP contribution in [0.3, 0.4) is 0 Å². The van der Waals surface area contributed by atoms with Crippen LogP contribution in [0.4, 0.5) is 0 Å². The minimum Gasteiger partial charge on any atom is -0.324 e. The van der Waals surface area contributed by atoms with Crippen molar-refractivity contribution in [2.45, 2.75) is 50.6 Å². The van der Waals surface area contributed by atoms with E-state index in [4.69, 9.17) is 11.5 Å². The highest BCUT2D eigenvalue weighted by atomic mass is 15.1. The van der Waals surface area contributed by atoms with Gasteiger partial charge in [0.15, 0.2) is 0 Å². The number of nitrogens with two attached hydrogens (primary N) is 2. The summed E-state index contributed by atoms with van der Waals surface area (Å²) in [6.07, 6.45) is 4.64. The molecule has 4 aliphatic carbocycles. The van der Waals surface area contributed by atoms with E-state index in [-0.39, 0.29) is 11.1 Å². The fourth-order valence-corrected chi connectivity index (χ4v) is 4.59. The summed E-state index contributed by atoms with van der Waals surface area (Å²) < 4.78 is 0. The molecule has 4 aliphatic rings. The van der Waals surface area contributed by atoms with E-state index in [2.05, 4.69) is 13.8 Å². The highest BCUT2D eigenvalue weighted by Crippen LogP contribution is 2.77. The third kappa shape index (κ3) is 0.449. The Kier molecular flexibility index (Phi) is 0.843. The fraction of sp³-hybridized carbons (Fsp3) is 1.00. The SMILES string of the molecule is CC12CC3(N)CC1(C)CC3(N)C2. The van der Waals surface area contributed by atoms with Crippen LogP contribution >= 0.6 is 0 Å². The smallest absolute Gasteiger partial charge is 0.0348 e. The van der Waals surface area contributed by atoms with Crippen molar-refractivity contribution in [1.82, 2.24) is 0 Å². The van der Waals surface area contributed by atoms with Crippen molar-refractivity contribution in [3.8, 4) is 0 Å². The van der Waals surface area contributed by atoms with Crippen LogP contribution in [-0.2, 0) is 0 Å². The average molecular weight is 166 g/mol. The van der Waals surface area contributed by atoms with Gasteiger partial charge in [-0.25, -0.2) is 0 Å². The lowest BCUT2D eigenvalue weighted by Gasteiger charge is -2.33. The zero-order valence-corrected chi connectivity index (χ0v) is 7.98. The number of hydrogen-bond acceptors (Lipinski definition) is 2. The fourth-order valence-electron chi connectivity index (χ4n) is 4.59. The summed E-state index contributed by atoms with van der Waals surface area (Å²) in [6.45, 7) is 4.76. The molecule has 12 heavy (non-hydrogen) atoms. The van der Waals surface area contributed by atoms with E-state index in [0.717, 1.165) is 25.7 Å². The molecule has 2 nitrogen and oxygen atoms in total. The Morgan fingerprint density at radius 3 is 1.08 bits per heavy atom. The van der Waals surface area contributed by atoms with Crippen LogP contribution in [0.2, 0.25) is 0 Å². The van der Waals surface area contributed by atoms with Gasteiger partial charge in [-0.15, -0.1) is 0 Å². The van der Waals surface area contributed by atoms with Crippen molar-refractivity contribution in [2.75, 3.05) is 0 Å². The minimum atomic E-state index is -0.0174. The highest BCUT2D eigenvalue weighted by molar-refractivity contribution is 5.35. The first-order valence-corrected chi connectivity index (χ1v) is 4.91. The second kappa shape index (κ2) is 1.38. The summed E-state index contributed by atoms with van der Waals surface area (Å²) in [7, 11) is 0. The lowest BCUT2D eigenvalue weighted by molar-refractivity contribution is 0.157. The lowest BCUT2D eigenvalue weighted by atomic mass is 9.71. The molecule has 4 fully saturated rings. The van der Waals surface area contributed by atoms with Gasteiger partial charge in [0.05, 0.1) is 0 Å². The predicted molar refractivity (Wildman–Crippen MR) is 48.5 cm³/mol. The van der Waals surface area contributed by atoms with Crippen LogP contribution in [0.1, 0.15) is 39.5 Å². The molecule has 0 aromatic heterocycles. The second-order valence-corrected chi connectivity index (χ2v) is 6.14. The van der Waals surface area contributed by atoms with E-state index in [9.17, 15) is 0 Å². The summed E-state index contributed by atoms with van der Waals surface area (Å²) in [5.41, 5.74) is 13.6. The van der Waals surface area contributed by atoms with E-state index in [0.29, 0.717) is 10.8 Å². The Morgan fingerprint density at radius 2 is 1.00 bits per heavy atom. The first-order chi connectivity index (χ1) is 5.33. The van der Waals surface area contributed by atoms with E-state index in [1.165, 1.54) is 0 Å². The van der Waals surface area contributed by atoms with Crippen LogP contribution in [0, 0.1) is 10.8 Å². The van der Waals surface area contributed by atoms with Crippen molar-refractivity contribution < 1.29 is 0 Å². The molecule has 4 saturated carbocycles. The number of rotatable bonds is 0. The molecule has 68 valence electrons. The van der Waals surface area contributed by atoms with Gasteiger partial charge in [0, 0.05) is 11.1 Å². The first-order valence-electron chi connectivity index (χ1n) is 4.91. The molecule has 4 N–H and O–H groups in total. The predicted octanol–water partition coefficient (Wildman–Crippen LogP) is 0.995. The van der Waals surface area contributed by atoms with Crippen molar-refractivity contribution in [2.24, 2.45) is 22.3 Å². The molecule has 0 aromatic rings. The van der Waals surface area contributed by atoms with Gasteiger partial charge in [-0.1, -0.05) is 13.8 Å². The van der Waals surface area contributed by atoms with Crippen molar-refractivity contribution in [3.05, 3.63) is 0 Å². The molecule has 0 radical (unpaired) electrons. The monoisotopic (exact) mass is 166 g/mol. The van der Waals surface area contributed by atoms with Crippen LogP contribution in [-0.4, -0.2) is 11.1 Å². The Hall–Kier alpha value is -0.0800. The Labute approximate surface area is 73.7 Å². The average Bonchev–Trinajstić information content (AvgIpc) is 2.19. The summed E-state index contributed by atoms with van der Waals surface area (Å²) in [6, 6.07) is 0. The minimum absolute atomic E-state index is 0.0174. The second-order valence-electron chi connectivity index (χ2n) is 6.14. The molecular formula is C10H18N2. The van der Waals surface area contributed by atoms with Gasteiger partial charge in [-0.3, -0.25) is 0 Å². The molecule has 4 bridgehead atoms. The quantitative estimate of drug-likeness (QED) is 0.564. The summed E-state index contributed by atoms with van der Waals surface area (Å²) >= 11 is 0. The summed E-state index contributed by atoms with van der Waals surface area (Å²) in [5, 5.41) is 0. The maximum absolute atomic E-state index is 6.36. The molecule has 4 rings (SSSR count). The van der Waals surface area contributed by atoms with Gasteiger partial charge >= 0.3 is 0 Å². The third-order valence-electron chi connectivity index (χ3n) is 5.27. The van der Waals surface area contributed by atoms with Crippen LogP contribution in [0.25, 0.3) is 0 Å². The third-order valence-corrected chi connectivity index (χ3v) is 5.27. The first kappa shape index (κ1) is 7.34. The highest BCUT2D eigenvalue weighted by Gasteiger charge is 2.78. The zero-order valence-electron chi connectivity index (χ0n) is 7.98. The summed E-state index contributed by atoms with van der Waals surface area (Å²) in [4.78, 5) is 0. The van der Waals surface area contributed by atoms with Crippen LogP contribution in [0.5, 0.6) is 0 Å². The van der Waals surface area contributed by atoms with Gasteiger partial charge in [0.1, 0.15) is 0 Å². The molecule has 0 saturated heterocycles. The molecule has 0 spiro atoms. The molecule has 0 atom stereocenters. The van der Waals surface area contributed by atoms with Crippen molar-refractivity contribution in [1.29, 1.82) is 0 Å². The zero-order chi connectivity index (χ0) is 8.83. The molecular weight excluding hydrogens is 148 g/mol. The summed E-state index contributed by atoms with van der Waals surface area (Å²) in [5.74, 6) is 0. The maximum atomic E-state index is 6.36. The van der Waals surface area contributed by atoms with Gasteiger partial charge in [-0.2, -0.15) is 0 Å². The molecule has 0 heterocycles. The molecule has 0 aromatic carbocycles. The molecule has 0 aliphatic heterocycles. The standard InChI is InChI=1S/C10H18N2/c1-7-3-9(11)5-8(7,2)6-10(9,12)4-7/h3-6,11-12H2,1-2H3. The van der Waals surface area contributed by atoms with E-state index < -0.39 is 0 Å². The maximum Gasteiger partial charge on any atom is 0.0348 e. The van der Waals surface area contributed by atoms with Gasteiger partial charge in [0.2, 0.25) is 0 Å². The normalized spacial score (nSPS) is 73.0. The molecule has 2 heteroatoms. The topological polar surface area (TPSA) is 52.0 Å². The molecule has 0 amide bonds.